The minimum atomic E-state index is 0.703. The number of hydrogen-bond acceptors (Lipinski definition) is 4. The Morgan fingerprint density at radius 2 is 2.12 bits per heavy atom. The Hall–Kier alpha value is -1.14. The average molecular weight is 366 g/mol. The van der Waals surface area contributed by atoms with Gasteiger partial charge in [-0.15, -0.1) is 11.3 Å². The Morgan fingerprint density at radius 1 is 1.36 bits per heavy atom. The van der Waals surface area contributed by atoms with Gasteiger partial charge < -0.3 is 10.6 Å². The molecule has 0 unspecified atom stereocenters. The van der Waals surface area contributed by atoms with Gasteiger partial charge in [-0.2, -0.15) is 0 Å². The van der Waals surface area contributed by atoms with Gasteiger partial charge in [0.1, 0.15) is 0 Å². The number of nitrogens with one attached hydrogen (secondary N) is 2. The standard InChI is InChI=1S/C19H35N5S/c1-5-20-19(21-9-6-15(2)3)22-12-17-7-10-24(11-8-17)13-18-14-25-16(4)23-18/h14-15,17H,5-13H2,1-4H3,(H2,20,21,22). The van der Waals surface area contributed by atoms with Crippen LogP contribution in [0.5, 0.6) is 0 Å². The molecule has 142 valence electrons. The molecule has 0 saturated carbocycles. The lowest BCUT2D eigenvalue weighted by molar-refractivity contribution is 0.179. The van der Waals surface area contributed by atoms with Crippen molar-refractivity contribution in [2.75, 3.05) is 32.7 Å². The van der Waals surface area contributed by atoms with E-state index >= 15 is 0 Å². The highest BCUT2D eigenvalue weighted by Crippen LogP contribution is 2.20. The number of aliphatic imine (C=N–C) groups is 1. The van der Waals surface area contributed by atoms with Gasteiger partial charge in [-0.3, -0.25) is 9.89 Å². The first kappa shape index (κ1) is 20.2. The van der Waals surface area contributed by atoms with Gasteiger partial charge in [0.2, 0.25) is 0 Å². The summed E-state index contributed by atoms with van der Waals surface area (Å²) in [7, 11) is 0. The lowest BCUT2D eigenvalue weighted by Crippen LogP contribution is -2.39. The average Bonchev–Trinajstić information content (AvgIpc) is 2.98. The van der Waals surface area contributed by atoms with Crippen molar-refractivity contribution in [3.8, 4) is 0 Å². The molecule has 0 radical (unpaired) electrons. The summed E-state index contributed by atoms with van der Waals surface area (Å²) in [5.74, 6) is 2.40. The molecule has 1 aliphatic heterocycles. The van der Waals surface area contributed by atoms with Crippen molar-refractivity contribution >= 4 is 17.3 Å². The van der Waals surface area contributed by atoms with E-state index in [9.17, 15) is 0 Å². The fraction of sp³-hybridized carbons (Fsp3) is 0.789. The minimum Gasteiger partial charge on any atom is -0.357 e. The molecule has 1 aromatic rings. The maximum Gasteiger partial charge on any atom is 0.191 e. The lowest BCUT2D eigenvalue weighted by atomic mass is 9.97. The molecular formula is C19H35N5S. The number of nitrogens with zero attached hydrogens (tertiary/aromatic N) is 3. The van der Waals surface area contributed by atoms with Crippen LogP contribution in [0.15, 0.2) is 10.4 Å². The minimum absolute atomic E-state index is 0.703. The fourth-order valence-electron chi connectivity index (χ4n) is 3.08. The van der Waals surface area contributed by atoms with Crippen molar-refractivity contribution in [3.05, 3.63) is 16.1 Å². The number of piperidine rings is 1. The Kier molecular flexibility index (Phi) is 8.68. The molecular weight excluding hydrogens is 330 g/mol. The van der Waals surface area contributed by atoms with Crippen LogP contribution in [0.3, 0.4) is 0 Å². The molecule has 5 nitrogen and oxygen atoms in total. The molecule has 1 fully saturated rings. The number of guanidine groups is 1. The number of likely N-dealkylation sites (tertiary alicyclic amines) is 1. The number of rotatable bonds is 8. The van der Waals surface area contributed by atoms with Crippen LogP contribution in [0.2, 0.25) is 0 Å². The van der Waals surface area contributed by atoms with Crippen molar-refractivity contribution in [1.82, 2.24) is 20.5 Å². The van der Waals surface area contributed by atoms with Gasteiger partial charge >= 0.3 is 0 Å². The molecule has 0 aromatic carbocycles. The first-order valence-corrected chi connectivity index (χ1v) is 10.6. The molecule has 0 spiro atoms. The fourth-order valence-corrected chi connectivity index (χ4v) is 3.68. The van der Waals surface area contributed by atoms with E-state index in [1.165, 1.54) is 30.0 Å². The molecule has 2 N–H and O–H groups in total. The first-order valence-electron chi connectivity index (χ1n) is 9.72. The zero-order valence-corrected chi connectivity index (χ0v) is 17.2. The van der Waals surface area contributed by atoms with Gasteiger partial charge in [-0.05, 0) is 58.0 Å². The molecule has 0 atom stereocenters. The van der Waals surface area contributed by atoms with E-state index in [-0.39, 0.29) is 0 Å². The summed E-state index contributed by atoms with van der Waals surface area (Å²) < 4.78 is 0. The van der Waals surface area contributed by atoms with Crippen LogP contribution in [0.4, 0.5) is 0 Å². The van der Waals surface area contributed by atoms with Crippen LogP contribution in [-0.4, -0.2) is 48.6 Å². The summed E-state index contributed by atoms with van der Waals surface area (Å²) in [6, 6.07) is 0. The van der Waals surface area contributed by atoms with Crippen LogP contribution in [0.1, 0.15) is 50.7 Å². The van der Waals surface area contributed by atoms with E-state index < -0.39 is 0 Å². The number of aromatic nitrogens is 1. The summed E-state index contributed by atoms with van der Waals surface area (Å²) >= 11 is 1.75. The normalized spacial score (nSPS) is 17.2. The van der Waals surface area contributed by atoms with E-state index in [0.717, 1.165) is 51.1 Å². The molecule has 2 heterocycles. The SMILES string of the molecule is CCNC(=NCC1CCN(Cc2csc(C)n2)CC1)NCCC(C)C. The van der Waals surface area contributed by atoms with Gasteiger partial charge in [0, 0.05) is 31.6 Å². The highest BCUT2D eigenvalue weighted by molar-refractivity contribution is 7.09. The van der Waals surface area contributed by atoms with Crippen molar-refractivity contribution in [2.45, 2.75) is 53.5 Å². The van der Waals surface area contributed by atoms with Crippen LogP contribution in [0.25, 0.3) is 0 Å². The van der Waals surface area contributed by atoms with Gasteiger partial charge in [-0.1, -0.05) is 13.8 Å². The number of aryl methyl sites for hydroxylation is 1. The largest absolute Gasteiger partial charge is 0.357 e. The quantitative estimate of drug-likeness (QED) is 0.548. The van der Waals surface area contributed by atoms with Gasteiger partial charge in [0.05, 0.1) is 10.7 Å². The predicted octanol–water partition coefficient (Wildman–Crippen LogP) is 3.26. The maximum absolute atomic E-state index is 4.81. The molecule has 0 amide bonds. The predicted molar refractivity (Wildman–Crippen MR) is 108 cm³/mol. The molecule has 1 aliphatic rings. The topological polar surface area (TPSA) is 52.6 Å². The second-order valence-corrected chi connectivity index (χ2v) is 8.47. The Morgan fingerprint density at radius 3 is 2.72 bits per heavy atom. The maximum atomic E-state index is 4.81. The smallest absolute Gasteiger partial charge is 0.191 e. The molecule has 2 rings (SSSR count). The van der Waals surface area contributed by atoms with Crippen molar-refractivity contribution in [2.24, 2.45) is 16.8 Å². The van der Waals surface area contributed by atoms with Crippen molar-refractivity contribution in [1.29, 1.82) is 0 Å². The summed E-state index contributed by atoms with van der Waals surface area (Å²) in [6.07, 6.45) is 3.65. The van der Waals surface area contributed by atoms with Crippen molar-refractivity contribution < 1.29 is 0 Å². The van der Waals surface area contributed by atoms with E-state index in [1.54, 1.807) is 11.3 Å². The second kappa shape index (κ2) is 10.8. The second-order valence-electron chi connectivity index (χ2n) is 7.41. The Balaban J connectivity index is 1.71. The lowest BCUT2D eigenvalue weighted by Gasteiger charge is -2.30. The van der Waals surface area contributed by atoms with Crippen LogP contribution >= 0.6 is 11.3 Å². The summed E-state index contributed by atoms with van der Waals surface area (Å²) in [4.78, 5) is 11.9. The van der Waals surface area contributed by atoms with Gasteiger partial charge in [0.25, 0.3) is 0 Å². The Bertz CT molecular complexity index is 518. The molecule has 25 heavy (non-hydrogen) atoms. The highest BCUT2D eigenvalue weighted by atomic mass is 32.1. The van der Waals surface area contributed by atoms with E-state index in [0.29, 0.717) is 5.92 Å². The van der Waals surface area contributed by atoms with Crippen LogP contribution in [-0.2, 0) is 6.54 Å². The monoisotopic (exact) mass is 365 g/mol. The van der Waals surface area contributed by atoms with E-state index in [2.05, 4.69) is 53.6 Å². The van der Waals surface area contributed by atoms with E-state index in [1.807, 2.05) is 0 Å². The number of hydrogen-bond donors (Lipinski definition) is 2. The zero-order valence-electron chi connectivity index (χ0n) is 16.3. The third-order valence-corrected chi connectivity index (χ3v) is 5.45. The third-order valence-electron chi connectivity index (χ3n) is 4.63. The molecule has 1 saturated heterocycles. The molecule has 1 aromatic heterocycles. The van der Waals surface area contributed by atoms with Gasteiger partial charge in [-0.25, -0.2) is 4.98 Å². The summed E-state index contributed by atoms with van der Waals surface area (Å²) in [6.45, 7) is 14.9. The van der Waals surface area contributed by atoms with E-state index in [4.69, 9.17) is 4.99 Å². The van der Waals surface area contributed by atoms with Crippen molar-refractivity contribution in [3.63, 3.8) is 0 Å². The summed E-state index contributed by atoms with van der Waals surface area (Å²) in [5, 5.41) is 10.2. The van der Waals surface area contributed by atoms with Gasteiger partial charge in [0.15, 0.2) is 5.96 Å². The van der Waals surface area contributed by atoms with Crippen LogP contribution < -0.4 is 10.6 Å². The first-order chi connectivity index (χ1) is 12.1. The molecule has 0 bridgehead atoms. The highest BCUT2D eigenvalue weighted by Gasteiger charge is 2.19. The Labute approximate surface area is 157 Å². The number of thiazole rings is 1. The molecule has 6 heteroatoms. The zero-order chi connectivity index (χ0) is 18.1. The molecule has 0 aliphatic carbocycles. The van der Waals surface area contributed by atoms with Crippen LogP contribution in [0, 0.1) is 18.8 Å². The third kappa shape index (κ3) is 7.74. The summed E-state index contributed by atoms with van der Waals surface area (Å²) in [5.41, 5.74) is 1.22.